The molecule has 134 valence electrons. The van der Waals surface area contributed by atoms with Crippen molar-refractivity contribution < 1.29 is 4.39 Å². The monoisotopic (exact) mass is 352 g/mol. The van der Waals surface area contributed by atoms with Crippen LogP contribution in [0.3, 0.4) is 0 Å². The van der Waals surface area contributed by atoms with Gasteiger partial charge in [-0.15, -0.1) is 0 Å². The first-order valence-corrected chi connectivity index (χ1v) is 8.38. The second-order valence-corrected chi connectivity index (χ2v) is 5.76. The van der Waals surface area contributed by atoms with E-state index in [9.17, 15) is 4.39 Å². The van der Waals surface area contributed by atoms with Gasteiger partial charge in [0.2, 0.25) is 0 Å². The van der Waals surface area contributed by atoms with Gasteiger partial charge in [0.05, 0.1) is 0 Å². The summed E-state index contributed by atoms with van der Waals surface area (Å²) in [4.78, 5) is 8.39. The molecule has 0 amide bonds. The third-order valence-electron chi connectivity index (χ3n) is 3.92. The summed E-state index contributed by atoms with van der Waals surface area (Å²) in [7, 11) is 1.73. The van der Waals surface area contributed by atoms with Crippen LogP contribution in [0, 0.1) is 5.82 Å². The van der Waals surface area contributed by atoms with Crippen molar-refractivity contribution in [2.24, 2.45) is 4.99 Å². The highest BCUT2D eigenvalue weighted by Gasteiger charge is 2.03. The van der Waals surface area contributed by atoms with Crippen LogP contribution in [0.1, 0.15) is 11.1 Å². The normalized spacial score (nSPS) is 11.4. The highest BCUT2D eigenvalue weighted by Crippen LogP contribution is 2.15. The predicted molar refractivity (Wildman–Crippen MR) is 100 cm³/mol. The Kier molecular flexibility index (Phi) is 5.92. The van der Waals surface area contributed by atoms with Gasteiger partial charge in [0.15, 0.2) is 11.8 Å². The fourth-order valence-electron chi connectivity index (χ4n) is 2.56. The van der Waals surface area contributed by atoms with E-state index in [2.05, 4.69) is 36.9 Å². The maximum atomic E-state index is 12.9. The van der Waals surface area contributed by atoms with Gasteiger partial charge in [0.1, 0.15) is 12.1 Å². The lowest BCUT2D eigenvalue weighted by molar-refractivity contribution is 0.626. The van der Waals surface area contributed by atoms with Gasteiger partial charge in [-0.1, -0.05) is 30.3 Å². The van der Waals surface area contributed by atoms with E-state index in [4.69, 9.17) is 0 Å². The molecule has 0 aliphatic carbocycles. The second kappa shape index (κ2) is 8.75. The quantitative estimate of drug-likeness (QED) is 0.471. The zero-order valence-corrected chi connectivity index (χ0v) is 14.5. The summed E-state index contributed by atoms with van der Waals surface area (Å²) in [6.07, 6.45) is 2.29. The number of aliphatic imine (C=N–C) groups is 1. The van der Waals surface area contributed by atoms with Gasteiger partial charge in [-0.05, 0) is 35.7 Å². The van der Waals surface area contributed by atoms with Crippen LogP contribution in [0.4, 0.5) is 4.39 Å². The predicted octanol–water partition coefficient (Wildman–Crippen LogP) is 2.52. The van der Waals surface area contributed by atoms with Crippen molar-refractivity contribution in [3.8, 4) is 11.4 Å². The molecule has 0 unspecified atom stereocenters. The Morgan fingerprint density at radius 2 is 1.96 bits per heavy atom. The number of nitrogens with zero attached hydrogens (tertiary/aromatic N) is 3. The minimum absolute atomic E-state index is 0.216. The van der Waals surface area contributed by atoms with Crippen LogP contribution in [0.5, 0.6) is 0 Å². The second-order valence-electron chi connectivity index (χ2n) is 5.76. The number of hydrogen-bond donors (Lipinski definition) is 3. The van der Waals surface area contributed by atoms with E-state index in [1.165, 1.54) is 18.5 Å². The Bertz CT molecular complexity index is 843. The summed E-state index contributed by atoms with van der Waals surface area (Å²) in [6, 6.07) is 14.6. The third-order valence-corrected chi connectivity index (χ3v) is 3.92. The van der Waals surface area contributed by atoms with Crippen molar-refractivity contribution in [2.75, 3.05) is 13.6 Å². The molecule has 2 aromatic carbocycles. The smallest absolute Gasteiger partial charge is 0.191 e. The van der Waals surface area contributed by atoms with Crippen molar-refractivity contribution in [3.05, 3.63) is 71.8 Å². The molecule has 1 aromatic heterocycles. The fraction of sp³-hybridized carbons (Fsp3) is 0.211. The molecule has 3 aromatic rings. The number of guanidine groups is 1. The molecule has 0 saturated carbocycles. The van der Waals surface area contributed by atoms with Gasteiger partial charge >= 0.3 is 0 Å². The Balaban J connectivity index is 1.49. The van der Waals surface area contributed by atoms with E-state index in [0.717, 1.165) is 34.9 Å². The molecule has 3 rings (SSSR count). The highest BCUT2D eigenvalue weighted by atomic mass is 19.1. The summed E-state index contributed by atoms with van der Waals surface area (Å²) in [5, 5.41) is 13.3. The van der Waals surface area contributed by atoms with E-state index < -0.39 is 0 Å². The molecule has 0 aliphatic rings. The molecule has 0 spiro atoms. The van der Waals surface area contributed by atoms with Crippen LogP contribution in [-0.2, 0) is 13.0 Å². The average molecular weight is 352 g/mol. The van der Waals surface area contributed by atoms with Crippen LogP contribution in [0.25, 0.3) is 11.4 Å². The molecule has 0 radical (unpaired) electrons. The largest absolute Gasteiger partial charge is 0.356 e. The number of halogens is 1. The molecule has 0 aliphatic heterocycles. The highest BCUT2D eigenvalue weighted by molar-refractivity contribution is 5.79. The Labute approximate surface area is 151 Å². The van der Waals surface area contributed by atoms with E-state index in [1.807, 2.05) is 18.2 Å². The van der Waals surface area contributed by atoms with Crippen LogP contribution in [0.15, 0.2) is 59.9 Å². The molecular formula is C19H21FN6. The van der Waals surface area contributed by atoms with Gasteiger partial charge in [-0.25, -0.2) is 9.37 Å². The van der Waals surface area contributed by atoms with Gasteiger partial charge in [0.25, 0.3) is 0 Å². The molecule has 6 nitrogen and oxygen atoms in total. The summed E-state index contributed by atoms with van der Waals surface area (Å²) in [5.74, 6) is 1.25. The van der Waals surface area contributed by atoms with Crippen molar-refractivity contribution in [1.82, 2.24) is 25.8 Å². The first-order valence-electron chi connectivity index (χ1n) is 8.38. The number of H-pyrrole nitrogens is 1. The lowest BCUT2D eigenvalue weighted by atomic mass is 10.1. The molecule has 3 N–H and O–H groups in total. The van der Waals surface area contributed by atoms with Crippen molar-refractivity contribution in [3.63, 3.8) is 0 Å². The van der Waals surface area contributed by atoms with E-state index >= 15 is 0 Å². The fourth-order valence-corrected chi connectivity index (χ4v) is 2.56. The van der Waals surface area contributed by atoms with E-state index in [1.54, 1.807) is 19.2 Å². The lowest BCUT2D eigenvalue weighted by Gasteiger charge is -2.12. The van der Waals surface area contributed by atoms with E-state index in [-0.39, 0.29) is 5.82 Å². The van der Waals surface area contributed by atoms with Gasteiger partial charge in [-0.3, -0.25) is 10.1 Å². The standard InChI is InChI=1S/C19H21FN6/c1-21-19(22-10-9-14-5-7-17(20)8-6-14)23-12-15-3-2-4-16(11-15)18-24-13-25-26-18/h2-8,11,13H,9-10,12H2,1H3,(H2,21,22,23)(H,24,25,26). The average Bonchev–Trinajstić information content (AvgIpc) is 3.21. The minimum Gasteiger partial charge on any atom is -0.356 e. The molecule has 0 fully saturated rings. The van der Waals surface area contributed by atoms with Crippen LogP contribution in [0.2, 0.25) is 0 Å². The van der Waals surface area contributed by atoms with Gasteiger partial charge in [0, 0.05) is 25.7 Å². The van der Waals surface area contributed by atoms with Crippen molar-refractivity contribution >= 4 is 5.96 Å². The third kappa shape index (κ3) is 4.89. The topological polar surface area (TPSA) is 78.0 Å². The lowest BCUT2D eigenvalue weighted by Crippen LogP contribution is -2.37. The van der Waals surface area contributed by atoms with E-state index in [0.29, 0.717) is 13.1 Å². The van der Waals surface area contributed by atoms with Crippen LogP contribution in [-0.4, -0.2) is 34.7 Å². The van der Waals surface area contributed by atoms with Crippen molar-refractivity contribution in [2.45, 2.75) is 13.0 Å². The first kappa shape index (κ1) is 17.6. The Morgan fingerprint density at radius 1 is 1.12 bits per heavy atom. The molecule has 0 atom stereocenters. The number of nitrogens with one attached hydrogen (secondary N) is 3. The Hall–Kier alpha value is -3.22. The van der Waals surface area contributed by atoms with Gasteiger partial charge in [-0.2, -0.15) is 5.10 Å². The summed E-state index contributed by atoms with van der Waals surface area (Å²) in [5.41, 5.74) is 3.18. The zero-order valence-electron chi connectivity index (χ0n) is 14.5. The van der Waals surface area contributed by atoms with Crippen molar-refractivity contribution in [1.29, 1.82) is 0 Å². The molecule has 0 saturated heterocycles. The molecule has 26 heavy (non-hydrogen) atoms. The summed E-state index contributed by atoms with van der Waals surface area (Å²) >= 11 is 0. The summed E-state index contributed by atoms with van der Waals surface area (Å²) < 4.78 is 12.9. The number of aromatic nitrogens is 3. The Morgan fingerprint density at radius 3 is 2.69 bits per heavy atom. The van der Waals surface area contributed by atoms with Gasteiger partial charge < -0.3 is 10.6 Å². The van der Waals surface area contributed by atoms with Crippen LogP contribution >= 0.6 is 0 Å². The number of benzene rings is 2. The minimum atomic E-state index is -0.216. The first-order chi connectivity index (χ1) is 12.7. The number of aromatic amines is 1. The molecular weight excluding hydrogens is 331 g/mol. The molecule has 0 bridgehead atoms. The molecule has 1 heterocycles. The summed E-state index contributed by atoms with van der Waals surface area (Å²) in [6.45, 7) is 1.35. The zero-order chi connectivity index (χ0) is 18.2. The maximum absolute atomic E-state index is 12.9. The SMILES string of the molecule is CN=C(NCCc1ccc(F)cc1)NCc1cccc(-c2ncn[nH]2)c1. The number of rotatable bonds is 6. The number of hydrogen-bond acceptors (Lipinski definition) is 3. The van der Waals surface area contributed by atoms with Crippen LogP contribution < -0.4 is 10.6 Å². The molecule has 7 heteroatoms. The maximum Gasteiger partial charge on any atom is 0.191 e.